The predicted molar refractivity (Wildman–Crippen MR) is 132 cm³/mol. The average molecular weight is 502 g/mol. The van der Waals surface area contributed by atoms with Crippen molar-refractivity contribution in [2.24, 2.45) is 0 Å². The molecule has 1 heterocycles. The molecule has 4 aromatic rings. The van der Waals surface area contributed by atoms with Crippen molar-refractivity contribution in [1.82, 2.24) is 0 Å². The summed E-state index contributed by atoms with van der Waals surface area (Å²) < 4.78 is 24.1. The molecule has 0 atom stereocenters. The number of nitrogens with one attached hydrogen (secondary N) is 2. The molecule has 10 nitrogen and oxygen atoms in total. The number of hydrogen-bond acceptors (Lipinski definition) is 8. The van der Waals surface area contributed by atoms with Crippen molar-refractivity contribution in [2.75, 3.05) is 22.1 Å². The van der Waals surface area contributed by atoms with Crippen LogP contribution in [0.5, 0.6) is 0 Å². The molecule has 0 aliphatic heterocycles. The van der Waals surface area contributed by atoms with Crippen LogP contribution >= 0.6 is 0 Å². The lowest BCUT2D eigenvalue weighted by Crippen LogP contribution is -2.20. The van der Waals surface area contributed by atoms with Gasteiger partial charge < -0.3 is 31.3 Å². The first-order chi connectivity index (χ1) is 17.7. The Kier molecular flexibility index (Phi) is 6.96. The van der Waals surface area contributed by atoms with Gasteiger partial charge in [0.2, 0.25) is 0 Å². The van der Waals surface area contributed by atoms with E-state index in [0.717, 1.165) is 6.07 Å². The van der Waals surface area contributed by atoms with E-state index < -0.39 is 29.6 Å². The quantitative estimate of drug-likeness (QED) is 0.174. The minimum absolute atomic E-state index is 0.00838. The number of anilines is 4. The van der Waals surface area contributed by atoms with Crippen LogP contribution in [0.4, 0.5) is 27.1 Å². The molecule has 2 amide bonds. The second-order valence-corrected chi connectivity index (χ2v) is 7.65. The summed E-state index contributed by atoms with van der Waals surface area (Å²) in [6.45, 7) is 0. The maximum Gasteiger partial charge on any atom is 0.348 e. The summed E-state index contributed by atoms with van der Waals surface area (Å²) in [6.07, 6.45) is 1.31. The van der Waals surface area contributed by atoms with Crippen molar-refractivity contribution in [3.63, 3.8) is 0 Å². The van der Waals surface area contributed by atoms with E-state index in [-0.39, 0.29) is 45.2 Å². The van der Waals surface area contributed by atoms with E-state index in [1.54, 1.807) is 0 Å². The lowest BCUT2D eigenvalue weighted by molar-refractivity contribution is 0.0399. The maximum absolute atomic E-state index is 14.0. The largest absolute Gasteiger partial charge is 0.459 e. The highest BCUT2D eigenvalue weighted by Gasteiger charge is 2.23. The zero-order chi connectivity index (χ0) is 26.5. The van der Waals surface area contributed by atoms with Gasteiger partial charge in [-0.25, -0.2) is 14.0 Å². The Bertz CT molecular complexity index is 1520. The number of nitrogens with two attached hydrogens (primary N) is 2. The number of carbonyl (C=O) groups is 4. The van der Waals surface area contributed by atoms with E-state index in [1.807, 2.05) is 0 Å². The normalized spacial score (nSPS) is 10.4. The van der Waals surface area contributed by atoms with Crippen molar-refractivity contribution in [1.29, 1.82) is 0 Å². The number of benzene rings is 3. The Labute approximate surface area is 209 Å². The minimum atomic E-state index is -1.16. The first kappa shape index (κ1) is 24.7. The third-order valence-corrected chi connectivity index (χ3v) is 5.07. The van der Waals surface area contributed by atoms with Crippen LogP contribution in [-0.2, 0) is 4.74 Å². The smallest absolute Gasteiger partial charge is 0.348 e. The Balaban J connectivity index is 1.57. The van der Waals surface area contributed by atoms with Gasteiger partial charge in [0.05, 0.1) is 34.3 Å². The number of amides is 2. The van der Waals surface area contributed by atoms with Gasteiger partial charge in [-0.3, -0.25) is 9.59 Å². The van der Waals surface area contributed by atoms with Crippen LogP contribution in [0.2, 0.25) is 0 Å². The molecule has 11 heteroatoms. The molecule has 0 aliphatic rings. The minimum Gasteiger partial charge on any atom is -0.459 e. The topological polar surface area (TPSA) is 167 Å². The van der Waals surface area contributed by atoms with Gasteiger partial charge in [0, 0.05) is 11.4 Å². The number of ether oxygens (including phenoxy) is 1. The maximum atomic E-state index is 14.0. The monoisotopic (exact) mass is 502 g/mol. The number of halogens is 1. The Morgan fingerprint density at radius 1 is 0.703 bits per heavy atom. The van der Waals surface area contributed by atoms with E-state index in [2.05, 4.69) is 10.6 Å². The Morgan fingerprint density at radius 2 is 1.27 bits per heavy atom. The third kappa shape index (κ3) is 5.62. The van der Waals surface area contributed by atoms with Crippen molar-refractivity contribution in [2.45, 2.75) is 0 Å². The van der Waals surface area contributed by atoms with Gasteiger partial charge in [0.15, 0.2) is 5.76 Å². The lowest BCUT2D eigenvalue weighted by atomic mass is 10.1. The highest BCUT2D eigenvalue weighted by Crippen LogP contribution is 2.25. The fraction of sp³-hybridized carbons (Fsp3) is 0. The van der Waals surface area contributed by atoms with Gasteiger partial charge in [0.25, 0.3) is 11.8 Å². The number of rotatable bonds is 6. The first-order valence-corrected chi connectivity index (χ1v) is 10.7. The molecular weight excluding hydrogens is 483 g/mol. The lowest BCUT2D eigenvalue weighted by Gasteiger charge is -2.13. The molecule has 0 radical (unpaired) electrons. The predicted octanol–water partition coefficient (Wildman–Crippen LogP) is 4.08. The second-order valence-electron chi connectivity index (χ2n) is 7.65. The summed E-state index contributed by atoms with van der Waals surface area (Å²) in [4.78, 5) is 50.8. The van der Waals surface area contributed by atoms with Crippen molar-refractivity contribution in [3.8, 4) is 0 Å². The number of furan rings is 1. The molecule has 6 N–H and O–H groups in total. The van der Waals surface area contributed by atoms with Crippen LogP contribution in [0, 0.1) is 5.82 Å². The van der Waals surface area contributed by atoms with Crippen LogP contribution < -0.4 is 22.1 Å². The first-order valence-electron chi connectivity index (χ1n) is 10.7. The number of carbonyl (C=O) groups excluding carboxylic acids is 4. The molecule has 186 valence electrons. The van der Waals surface area contributed by atoms with E-state index >= 15 is 0 Å². The molecule has 0 saturated heterocycles. The zero-order valence-corrected chi connectivity index (χ0v) is 19.0. The van der Waals surface area contributed by atoms with Crippen molar-refractivity contribution < 1.29 is 32.7 Å². The fourth-order valence-electron chi connectivity index (χ4n) is 3.30. The molecule has 37 heavy (non-hydrogen) atoms. The SMILES string of the molecule is Nc1ccc(NC(=O)c2ccco2)c(C(=O)OC(=O)c2cc(N)ccc2NC(=O)c2ccccc2F)c1. The van der Waals surface area contributed by atoms with E-state index in [0.29, 0.717) is 0 Å². The summed E-state index contributed by atoms with van der Waals surface area (Å²) >= 11 is 0. The van der Waals surface area contributed by atoms with Crippen LogP contribution in [0.15, 0.2) is 83.5 Å². The van der Waals surface area contributed by atoms with Crippen molar-refractivity contribution >= 4 is 46.5 Å². The molecule has 0 spiro atoms. The van der Waals surface area contributed by atoms with Gasteiger partial charge in [-0.15, -0.1) is 0 Å². The molecule has 0 fully saturated rings. The third-order valence-electron chi connectivity index (χ3n) is 5.07. The van der Waals surface area contributed by atoms with Crippen LogP contribution in [0.25, 0.3) is 0 Å². The second kappa shape index (κ2) is 10.4. The van der Waals surface area contributed by atoms with E-state index in [9.17, 15) is 23.6 Å². The molecule has 0 bridgehead atoms. The summed E-state index contributed by atoms with van der Waals surface area (Å²) in [5.74, 6) is -4.55. The van der Waals surface area contributed by atoms with Gasteiger partial charge in [-0.1, -0.05) is 12.1 Å². The highest BCUT2D eigenvalue weighted by atomic mass is 19.1. The van der Waals surface area contributed by atoms with Gasteiger partial charge in [-0.2, -0.15) is 0 Å². The van der Waals surface area contributed by atoms with Crippen LogP contribution in [-0.4, -0.2) is 23.8 Å². The number of nitrogen functional groups attached to an aromatic ring is 2. The molecular formula is C26H19FN4O6. The molecule has 0 saturated carbocycles. The molecule has 3 aromatic carbocycles. The van der Waals surface area contributed by atoms with Crippen LogP contribution in [0.3, 0.4) is 0 Å². The zero-order valence-electron chi connectivity index (χ0n) is 19.0. The summed E-state index contributed by atoms with van der Waals surface area (Å²) in [5.41, 5.74) is 11.1. The van der Waals surface area contributed by atoms with E-state index in [1.165, 1.54) is 73.0 Å². The fourth-order valence-corrected chi connectivity index (χ4v) is 3.30. The van der Waals surface area contributed by atoms with Crippen molar-refractivity contribution in [3.05, 3.63) is 107 Å². The molecule has 4 rings (SSSR count). The van der Waals surface area contributed by atoms with E-state index in [4.69, 9.17) is 20.6 Å². The van der Waals surface area contributed by atoms with Gasteiger partial charge in [0.1, 0.15) is 5.82 Å². The molecule has 0 aliphatic carbocycles. The van der Waals surface area contributed by atoms with Gasteiger partial charge in [-0.05, 0) is 60.7 Å². The number of esters is 2. The molecule has 0 unspecified atom stereocenters. The summed E-state index contributed by atoms with van der Waals surface area (Å²) in [6, 6.07) is 16.1. The van der Waals surface area contributed by atoms with Crippen LogP contribution in [0.1, 0.15) is 41.6 Å². The van der Waals surface area contributed by atoms with Gasteiger partial charge >= 0.3 is 11.9 Å². The number of hydrogen-bond donors (Lipinski definition) is 4. The summed E-state index contributed by atoms with van der Waals surface area (Å²) in [7, 11) is 0. The standard InChI is InChI=1S/C26H19FN4O6/c27-19-5-2-1-4-16(19)23(32)30-20-9-7-14(28)12-17(20)25(34)37-26(35)18-13-15(29)8-10-21(18)31-24(33)22-6-3-11-36-22/h1-13H,28-29H2,(H,30,32)(H,31,33). The average Bonchev–Trinajstić information content (AvgIpc) is 3.41. The highest BCUT2D eigenvalue weighted by molar-refractivity contribution is 6.13. The summed E-state index contributed by atoms with van der Waals surface area (Å²) in [5, 5.41) is 4.91. The Hall–Kier alpha value is -5.45. The Morgan fingerprint density at radius 3 is 1.81 bits per heavy atom. The molecule has 1 aromatic heterocycles.